The van der Waals surface area contributed by atoms with E-state index in [-0.39, 0.29) is 17.7 Å². The van der Waals surface area contributed by atoms with Crippen LogP contribution in [0.1, 0.15) is 42.5 Å². The van der Waals surface area contributed by atoms with Crippen LogP contribution in [0.2, 0.25) is 0 Å². The number of rotatable bonds is 2. The zero-order chi connectivity index (χ0) is 18.1. The Morgan fingerprint density at radius 2 is 1.85 bits per heavy atom. The fraction of sp³-hybridized carbons (Fsp3) is 0.333. The maximum atomic E-state index is 12.9. The lowest BCUT2D eigenvalue weighted by Gasteiger charge is -2.21. The first-order valence-corrected chi connectivity index (χ1v) is 9.13. The van der Waals surface area contributed by atoms with E-state index >= 15 is 0 Å². The van der Waals surface area contributed by atoms with E-state index in [4.69, 9.17) is 4.74 Å². The van der Waals surface area contributed by atoms with Crippen LogP contribution in [0.25, 0.3) is 0 Å². The van der Waals surface area contributed by atoms with Crippen molar-refractivity contribution >= 4 is 23.2 Å². The van der Waals surface area contributed by atoms with E-state index in [2.05, 4.69) is 5.32 Å². The van der Waals surface area contributed by atoms with Crippen molar-refractivity contribution in [2.75, 3.05) is 17.3 Å². The van der Waals surface area contributed by atoms with Gasteiger partial charge in [-0.1, -0.05) is 31.4 Å². The maximum absolute atomic E-state index is 12.9. The topological polar surface area (TPSA) is 58.6 Å². The Labute approximate surface area is 153 Å². The van der Waals surface area contributed by atoms with E-state index in [1.54, 1.807) is 30.1 Å². The number of fused-ring (bicyclic) bond motifs is 2. The van der Waals surface area contributed by atoms with E-state index in [9.17, 15) is 9.59 Å². The lowest BCUT2D eigenvalue weighted by molar-refractivity contribution is -0.120. The van der Waals surface area contributed by atoms with Crippen LogP contribution in [-0.2, 0) is 4.79 Å². The van der Waals surface area contributed by atoms with Gasteiger partial charge in [0.2, 0.25) is 5.91 Å². The Hall–Kier alpha value is -2.82. The second-order valence-electron chi connectivity index (χ2n) is 6.97. The number of amides is 2. The normalized spacial score (nSPS) is 17.0. The molecule has 1 saturated carbocycles. The second kappa shape index (κ2) is 6.83. The summed E-state index contributed by atoms with van der Waals surface area (Å²) in [7, 11) is 1.73. The van der Waals surface area contributed by atoms with Gasteiger partial charge in [-0.05, 0) is 43.2 Å². The number of benzene rings is 2. The van der Waals surface area contributed by atoms with Crippen molar-refractivity contribution in [1.82, 2.24) is 0 Å². The van der Waals surface area contributed by atoms with Crippen molar-refractivity contribution in [3.63, 3.8) is 0 Å². The lowest BCUT2D eigenvalue weighted by Crippen LogP contribution is -2.26. The highest BCUT2D eigenvalue weighted by Gasteiger charge is 2.26. The summed E-state index contributed by atoms with van der Waals surface area (Å²) in [6, 6.07) is 12.7. The van der Waals surface area contributed by atoms with Gasteiger partial charge in [-0.15, -0.1) is 0 Å². The van der Waals surface area contributed by atoms with Gasteiger partial charge in [0.1, 0.15) is 5.75 Å². The third kappa shape index (κ3) is 3.05. The van der Waals surface area contributed by atoms with Gasteiger partial charge in [-0.25, -0.2) is 0 Å². The molecule has 0 aromatic heterocycles. The summed E-state index contributed by atoms with van der Waals surface area (Å²) < 4.78 is 5.94. The van der Waals surface area contributed by atoms with Crippen molar-refractivity contribution in [2.45, 2.75) is 32.1 Å². The number of carbonyl (C=O) groups excluding carboxylic acids is 2. The van der Waals surface area contributed by atoms with E-state index in [1.807, 2.05) is 24.3 Å². The molecule has 26 heavy (non-hydrogen) atoms. The summed E-state index contributed by atoms with van der Waals surface area (Å²) in [4.78, 5) is 26.9. The number of anilines is 2. The van der Waals surface area contributed by atoms with Crippen molar-refractivity contribution in [3.8, 4) is 11.5 Å². The molecule has 0 atom stereocenters. The summed E-state index contributed by atoms with van der Waals surface area (Å²) >= 11 is 0. The number of ether oxygens (including phenoxy) is 1. The van der Waals surface area contributed by atoms with Crippen LogP contribution >= 0.6 is 0 Å². The number of hydrogen-bond acceptors (Lipinski definition) is 3. The van der Waals surface area contributed by atoms with Crippen molar-refractivity contribution in [1.29, 1.82) is 0 Å². The number of carbonyl (C=O) groups is 2. The summed E-state index contributed by atoms with van der Waals surface area (Å²) in [6.45, 7) is 0. The summed E-state index contributed by atoms with van der Waals surface area (Å²) in [5, 5.41) is 2.97. The molecule has 5 nitrogen and oxygen atoms in total. The predicted octanol–water partition coefficient (Wildman–Crippen LogP) is 4.59. The molecule has 2 aromatic carbocycles. The van der Waals surface area contributed by atoms with E-state index in [0.29, 0.717) is 22.7 Å². The highest BCUT2D eigenvalue weighted by molar-refractivity contribution is 6.10. The maximum Gasteiger partial charge on any atom is 0.261 e. The summed E-state index contributed by atoms with van der Waals surface area (Å²) in [6.07, 6.45) is 5.31. The van der Waals surface area contributed by atoms with Crippen molar-refractivity contribution < 1.29 is 14.3 Å². The monoisotopic (exact) mass is 350 g/mol. The molecule has 1 aliphatic carbocycles. The molecule has 2 amide bonds. The molecular weight excluding hydrogens is 328 g/mol. The molecule has 0 spiro atoms. The third-order valence-corrected chi connectivity index (χ3v) is 5.20. The molecule has 0 unspecified atom stereocenters. The molecule has 4 rings (SSSR count). The largest absolute Gasteiger partial charge is 0.454 e. The third-order valence-electron chi connectivity index (χ3n) is 5.20. The van der Waals surface area contributed by atoms with Gasteiger partial charge < -0.3 is 15.0 Å². The Bertz CT molecular complexity index is 856. The smallest absolute Gasteiger partial charge is 0.261 e. The van der Waals surface area contributed by atoms with Crippen molar-refractivity contribution in [2.24, 2.45) is 5.92 Å². The summed E-state index contributed by atoms with van der Waals surface area (Å²) in [5.74, 6) is 1.10. The first kappa shape index (κ1) is 16.6. The van der Waals surface area contributed by atoms with Crippen LogP contribution in [0.4, 0.5) is 11.4 Å². The van der Waals surface area contributed by atoms with Crippen LogP contribution in [0.15, 0.2) is 42.5 Å². The van der Waals surface area contributed by atoms with E-state index in [0.717, 1.165) is 31.4 Å². The van der Waals surface area contributed by atoms with Crippen molar-refractivity contribution in [3.05, 3.63) is 48.0 Å². The van der Waals surface area contributed by atoms with E-state index < -0.39 is 0 Å². The fourth-order valence-corrected chi connectivity index (χ4v) is 3.70. The lowest BCUT2D eigenvalue weighted by atomic mass is 9.88. The number of nitrogens with one attached hydrogen (secondary N) is 1. The van der Waals surface area contributed by atoms with Gasteiger partial charge in [0.05, 0.1) is 11.3 Å². The Morgan fingerprint density at radius 1 is 1.08 bits per heavy atom. The molecule has 0 bridgehead atoms. The first-order chi connectivity index (χ1) is 12.6. The number of para-hydroxylation sites is 2. The van der Waals surface area contributed by atoms with Crippen LogP contribution in [-0.4, -0.2) is 18.9 Å². The molecular formula is C21H22N2O3. The molecule has 2 aromatic rings. The van der Waals surface area contributed by atoms with Crippen LogP contribution in [0.5, 0.6) is 11.5 Å². The molecule has 1 N–H and O–H groups in total. The molecule has 1 heterocycles. The van der Waals surface area contributed by atoms with Gasteiger partial charge in [0.15, 0.2) is 5.75 Å². The zero-order valence-corrected chi connectivity index (χ0v) is 14.8. The van der Waals surface area contributed by atoms with Gasteiger partial charge in [-0.3, -0.25) is 9.59 Å². The molecule has 1 aliphatic heterocycles. The molecule has 2 aliphatic rings. The van der Waals surface area contributed by atoms with Gasteiger partial charge in [-0.2, -0.15) is 0 Å². The average molecular weight is 350 g/mol. The molecule has 134 valence electrons. The minimum absolute atomic E-state index is 0.0447. The minimum Gasteiger partial charge on any atom is -0.454 e. The average Bonchev–Trinajstić information content (AvgIpc) is 2.78. The number of nitrogens with zero attached hydrogens (tertiary/aromatic N) is 1. The zero-order valence-electron chi connectivity index (χ0n) is 14.8. The Morgan fingerprint density at radius 3 is 2.65 bits per heavy atom. The summed E-state index contributed by atoms with van der Waals surface area (Å²) in [5.41, 5.74) is 1.81. The molecule has 5 heteroatoms. The van der Waals surface area contributed by atoms with Crippen LogP contribution in [0, 0.1) is 5.92 Å². The first-order valence-electron chi connectivity index (χ1n) is 9.13. The SMILES string of the molecule is CN1C(=O)c2cc(NC(=O)C3CCCCC3)ccc2Oc2ccccc21. The van der Waals surface area contributed by atoms with Crippen LogP contribution < -0.4 is 15.0 Å². The highest BCUT2D eigenvalue weighted by Crippen LogP contribution is 2.39. The second-order valence-corrected chi connectivity index (χ2v) is 6.97. The minimum atomic E-state index is -0.154. The molecule has 1 fully saturated rings. The quantitative estimate of drug-likeness (QED) is 0.862. The molecule has 0 saturated heterocycles. The fourth-order valence-electron chi connectivity index (χ4n) is 3.70. The Balaban J connectivity index is 1.61. The Kier molecular flexibility index (Phi) is 4.37. The van der Waals surface area contributed by atoms with Gasteiger partial charge >= 0.3 is 0 Å². The molecule has 0 radical (unpaired) electrons. The van der Waals surface area contributed by atoms with Gasteiger partial charge in [0, 0.05) is 18.7 Å². The van der Waals surface area contributed by atoms with Gasteiger partial charge in [0.25, 0.3) is 5.91 Å². The standard InChI is InChI=1S/C21H22N2O3/c1-23-17-9-5-6-10-19(17)26-18-12-11-15(13-16(18)21(23)25)22-20(24)14-7-3-2-4-8-14/h5-6,9-14H,2-4,7-8H2,1H3,(H,22,24). The number of hydrogen-bond donors (Lipinski definition) is 1. The van der Waals surface area contributed by atoms with E-state index in [1.165, 1.54) is 6.42 Å². The predicted molar refractivity (Wildman–Crippen MR) is 101 cm³/mol. The van der Waals surface area contributed by atoms with Crippen LogP contribution in [0.3, 0.4) is 0 Å². The highest BCUT2D eigenvalue weighted by atomic mass is 16.5.